The van der Waals surface area contributed by atoms with Crippen molar-refractivity contribution in [2.45, 2.75) is 13.5 Å². The molecular formula is C12H12FN3O2. The predicted molar refractivity (Wildman–Crippen MR) is 63.2 cm³/mol. The molecule has 3 N–H and O–H groups in total. The fourth-order valence-corrected chi connectivity index (χ4v) is 1.50. The number of aryl methyl sites for hydroxylation is 1. The highest BCUT2D eigenvalue weighted by Crippen LogP contribution is 2.15. The number of benzene rings is 1. The summed E-state index contributed by atoms with van der Waals surface area (Å²) in [5.41, 5.74) is 6.15. The molecule has 1 amide bonds. The molecule has 0 aliphatic carbocycles. The van der Waals surface area contributed by atoms with Crippen LogP contribution in [0.4, 0.5) is 10.1 Å². The minimum Gasteiger partial charge on any atom is -0.396 e. The van der Waals surface area contributed by atoms with E-state index < -0.39 is 11.7 Å². The molecule has 0 spiro atoms. The standard InChI is InChI=1S/C12H12FN3O2/c1-7-5-8(18-16-7)6-15-12(17)9-3-2-4-10(13)11(9)14/h2-5H,6,14H2,1H3,(H,15,17). The monoisotopic (exact) mass is 249 g/mol. The van der Waals surface area contributed by atoms with Crippen LogP contribution in [0.15, 0.2) is 28.8 Å². The van der Waals surface area contributed by atoms with Crippen molar-refractivity contribution in [2.24, 2.45) is 0 Å². The molecular weight excluding hydrogens is 237 g/mol. The number of nitrogens with zero attached hydrogens (tertiary/aromatic N) is 1. The van der Waals surface area contributed by atoms with Crippen LogP contribution >= 0.6 is 0 Å². The number of nitrogens with two attached hydrogens (primary N) is 1. The second-order valence-corrected chi connectivity index (χ2v) is 3.82. The van der Waals surface area contributed by atoms with Gasteiger partial charge in [0, 0.05) is 6.07 Å². The predicted octanol–water partition coefficient (Wildman–Crippen LogP) is 1.63. The van der Waals surface area contributed by atoms with Crippen LogP contribution in [-0.2, 0) is 6.54 Å². The molecule has 0 atom stereocenters. The van der Waals surface area contributed by atoms with E-state index in [0.717, 1.165) is 5.69 Å². The summed E-state index contributed by atoms with van der Waals surface area (Å²) in [5, 5.41) is 6.27. The van der Waals surface area contributed by atoms with Crippen molar-refractivity contribution in [2.75, 3.05) is 5.73 Å². The molecule has 2 rings (SSSR count). The first kappa shape index (κ1) is 12.1. The van der Waals surface area contributed by atoms with Crippen LogP contribution in [0.2, 0.25) is 0 Å². The maximum Gasteiger partial charge on any atom is 0.253 e. The lowest BCUT2D eigenvalue weighted by Gasteiger charge is -2.06. The smallest absolute Gasteiger partial charge is 0.253 e. The number of hydrogen-bond donors (Lipinski definition) is 2. The summed E-state index contributed by atoms with van der Waals surface area (Å²) in [6, 6.07) is 5.79. The van der Waals surface area contributed by atoms with Crippen molar-refractivity contribution >= 4 is 11.6 Å². The largest absolute Gasteiger partial charge is 0.396 e. The van der Waals surface area contributed by atoms with E-state index in [2.05, 4.69) is 10.5 Å². The van der Waals surface area contributed by atoms with Crippen LogP contribution in [0.5, 0.6) is 0 Å². The summed E-state index contributed by atoms with van der Waals surface area (Å²) in [6.45, 7) is 1.95. The Morgan fingerprint density at radius 3 is 3.00 bits per heavy atom. The molecule has 5 nitrogen and oxygen atoms in total. The van der Waals surface area contributed by atoms with E-state index >= 15 is 0 Å². The normalized spacial score (nSPS) is 10.3. The molecule has 1 aromatic heterocycles. The van der Waals surface area contributed by atoms with Crippen molar-refractivity contribution in [3.63, 3.8) is 0 Å². The van der Waals surface area contributed by atoms with Crippen molar-refractivity contribution in [3.8, 4) is 0 Å². The maximum atomic E-state index is 13.2. The molecule has 94 valence electrons. The highest BCUT2D eigenvalue weighted by atomic mass is 19.1. The second kappa shape index (κ2) is 4.87. The summed E-state index contributed by atoms with van der Waals surface area (Å²) >= 11 is 0. The summed E-state index contributed by atoms with van der Waals surface area (Å²) in [4.78, 5) is 11.8. The van der Waals surface area contributed by atoms with Gasteiger partial charge in [0.1, 0.15) is 5.82 Å². The molecule has 6 heteroatoms. The topological polar surface area (TPSA) is 81.2 Å². The molecule has 0 bridgehead atoms. The van der Waals surface area contributed by atoms with E-state index in [1.54, 1.807) is 13.0 Å². The van der Waals surface area contributed by atoms with E-state index in [9.17, 15) is 9.18 Å². The third kappa shape index (κ3) is 2.48. The van der Waals surface area contributed by atoms with Gasteiger partial charge in [0.2, 0.25) is 0 Å². The molecule has 0 saturated carbocycles. The molecule has 0 fully saturated rings. The van der Waals surface area contributed by atoms with Gasteiger partial charge in [-0.1, -0.05) is 11.2 Å². The molecule has 0 saturated heterocycles. The number of carbonyl (C=O) groups is 1. The summed E-state index contributed by atoms with van der Waals surface area (Å²) in [7, 11) is 0. The third-order valence-corrected chi connectivity index (χ3v) is 2.40. The number of anilines is 1. The first-order chi connectivity index (χ1) is 8.58. The fraction of sp³-hybridized carbons (Fsp3) is 0.167. The zero-order valence-electron chi connectivity index (χ0n) is 9.74. The number of rotatable bonds is 3. The lowest BCUT2D eigenvalue weighted by molar-refractivity contribution is 0.0947. The van der Waals surface area contributed by atoms with Crippen LogP contribution < -0.4 is 11.1 Å². The lowest BCUT2D eigenvalue weighted by atomic mass is 10.1. The number of carbonyl (C=O) groups excluding carboxylic acids is 1. The van der Waals surface area contributed by atoms with Gasteiger partial charge in [0.05, 0.1) is 23.5 Å². The highest BCUT2D eigenvalue weighted by Gasteiger charge is 2.12. The number of hydrogen-bond acceptors (Lipinski definition) is 4. The molecule has 0 aliphatic heterocycles. The molecule has 0 unspecified atom stereocenters. The number of nitrogens with one attached hydrogen (secondary N) is 1. The average molecular weight is 249 g/mol. The molecule has 1 aromatic carbocycles. The van der Waals surface area contributed by atoms with E-state index in [-0.39, 0.29) is 17.8 Å². The zero-order chi connectivity index (χ0) is 13.1. The minimum absolute atomic E-state index is 0.103. The van der Waals surface area contributed by atoms with Gasteiger partial charge in [-0.05, 0) is 19.1 Å². The number of amides is 1. The van der Waals surface area contributed by atoms with Crippen LogP contribution in [0.3, 0.4) is 0 Å². The van der Waals surface area contributed by atoms with E-state index in [4.69, 9.17) is 10.3 Å². The number of aromatic nitrogens is 1. The Kier molecular flexibility index (Phi) is 3.27. The van der Waals surface area contributed by atoms with Crippen LogP contribution in [0.1, 0.15) is 21.8 Å². The first-order valence-electron chi connectivity index (χ1n) is 5.32. The van der Waals surface area contributed by atoms with E-state index in [1.807, 2.05) is 0 Å². The average Bonchev–Trinajstić information content (AvgIpc) is 2.76. The summed E-state index contributed by atoms with van der Waals surface area (Å²) < 4.78 is 18.1. The molecule has 0 radical (unpaired) electrons. The minimum atomic E-state index is -0.613. The molecule has 1 heterocycles. The van der Waals surface area contributed by atoms with Crippen LogP contribution in [-0.4, -0.2) is 11.1 Å². The Labute approximate surface area is 103 Å². The summed E-state index contributed by atoms with van der Waals surface area (Å²) in [5.74, 6) is -0.546. The summed E-state index contributed by atoms with van der Waals surface area (Å²) in [6.07, 6.45) is 0. The highest BCUT2D eigenvalue weighted by molar-refractivity contribution is 5.99. The van der Waals surface area contributed by atoms with Gasteiger partial charge >= 0.3 is 0 Å². The fourth-order valence-electron chi connectivity index (χ4n) is 1.50. The maximum absolute atomic E-state index is 13.2. The number of nitrogen functional groups attached to an aromatic ring is 1. The van der Waals surface area contributed by atoms with E-state index in [1.165, 1.54) is 18.2 Å². The zero-order valence-corrected chi connectivity index (χ0v) is 9.74. The van der Waals surface area contributed by atoms with Gasteiger partial charge in [-0.3, -0.25) is 4.79 Å². The van der Waals surface area contributed by atoms with Crippen LogP contribution in [0.25, 0.3) is 0 Å². The molecule has 0 aliphatic rings. The Balaban J connectivity index is 2.06. The van der Waals surface area contributed by atoms with Gasteiger partial charge in [0.15, 0.2) is 5.76 Å². The van der Waals surface area contributed by atoms with Crippen molar-refractivity contribution in [1.82, 2.24) is 10.5 Å². The van der Waals surface area contributed by atoms with E-state index in [0.29, 0.717) is 5.76 Å². The first-order valence-corrected chi connectivity index (χ1v) is 5.32. The number of halogens is 1. The van der Waals surface area contributed by atoms with Crippen molar-refractivity contribution in [1.29, 1.82) is 0 Å². The molecule has 2 aromatic rings. The van der Waals surface area contributed by atoms with Gasteiger partial charge in [0.25, 0.3) is 5.91 Å². The van der Waals surface area contributed by atoms with Gasteiger partial charge in [-0.15, -0.1) is 0 Å². The lowest BCUT2D eigenvalue weighted by Crippen LogP contribution is -2.23. The van der Waals surface area contributed by atoms with Crippen molar-refractivity contribution in [3.05, 3.63) is 47.1 Å². The SMILES string of the molecule is Cc1cc(CNC(=O)c2cccc(F)c2N)on1. The second-order valence-electron chi connectivity index (χ2n) is 3.82. The quantitative estimate of drug-likeness (QED) is 0.810. The van der Waals surface area contributed by atoms with Gasteiger partial charge in [-0.25, -0.2) is 4.39 Å². The Hall–Kier alpha value is -2.37. The third-order valence-electron chi connectivity index (χ3n) is 2.40. The molecule has 18 heavy (non-hydrogen) atoms. The van der Waals surface area contributed by atoms with Crippen LogP contribution in [0, 0.1) is 12.7 Å². The Bertz CT molecular complexity index is 580. The Morgan fingerprint density at radius 2 is 2.33 bits per heavy atom. The Morgan fingerprint density at radius 1 is 1.56 bits per heavy atom. The van der Waals surface area contributed by atoms with Crippen molar-refractivity contribution < 1.29 is 13.7 Å². The van der Waals surface area contributed by atoms with Gasteiger partial charge < -0.3 is 15.6 Å². The number of para-hydroxylation sites is 1. The van der Waals surface area contributed by atoms with Gasteiger partial charge in [-0.2, -0.15) is 0 Å².